The number of aromatic nitrogens is 2. The summed E-state index contributed by atoms with van der Waals surface area (Å²) in [6, 6.07) is 1.91. The SMILES string of the molecule is CCCc1nc(NN)cc(N2CCC(OC)CC2)n1. The van der Waals surface area contributed by atoms with E-state index in [0.717, 1.165) is 50.4 Å². The predicted molar refractivity (Wildman–Crippen MR) is 76.1 cm³/mol. The first-order chi connectivity index (χ1) is 9.26. The molecule has 3 N–H and O–H groups in total. The number of nitrogens with zero attached hydrogens (tertiary/aromatic N) is 3. The van der Waals surface area contributed by atoms with E-state index in [2.05, 4.69) is 27.2 Å². The number of nitrogens with one attached hydrogen (secondary N) is 1. The summed E-state index contributed by atoms with van der Waals surface area (Å²) >= 11 is 0. The van der Waals surface area contributed by atoms with Gasteiger partial charge in [0, 0.05) is 32.7 Å². The number of rotatable bonds is 5. The van der Waals surface area contributed by atoms with Gasteiger partial charge in [0.15, 0.2) is 0 Å². The van der Waals surface area contributed by atoms with Gasteiger partial charge >= 0.3 is 0 Å². The molecule has 1 fully saturated rings. The normalized spacial score (nSPS) is 16.7. The van der Waals surface area contributed by atoms with Gasteiger partial charge in [-0.3, -0.25) is 0 Å². The topological polar surface area (TPSA) is 76.3 Å². The highest BCUT2D eigenvalue weighted by Gasteiger charge is 2.20. The molecule has 0 atom stereocenters. The van der Waals surface area contributed by atoms with Gasteiger partial charge in [-0.1, -0.05) is 6.92 Å². The van der Waals surface area contributed by atoms with E-state index in [1.165, 1.54) is 0 Å². The van der Waals surface area contributed by atoms with Gasteiger partial charge in [0.1, 0.15) is 17.5 Å². The zero-order valence-electron chi connectivity index (χ0n) is 11.7. The lowest BCUT2D eigenvalue weighted by atomic mass is 10.1. The van der Waals surface area contributed by atoms with Gasteiger partial charge in [-0.2, -0.15) is 0 Å². The fourth-order valence-electron chi connectivity index (χ4n) is 2.38. The van der Waals surface area contributed by atoms with Gasteiger partial charge in [-0.15, -0.1) is 0 Å². The fraction of sp³-hybridized carbons (Fsp3) is 0.692. The van der Waals surface area contributed by atoms with E-state index in [1.807, 2.05) is 6.07 Å². The van der Waals surface area contributed by atoms with E-state index < -0.39 is 0 Å². The van der Waals surface area contributed by atoms with E-state index in [-0.39, 0.29) is 0 Å². The molecule has 0 bridgehead atoms. The first-order valence-corrected chi connectivity index (χ1v) is 6.89. The quantitative estimate of drug-likeness (QED) is 0.618. The van der Waals surface area contributed by atoms with Crippen LogP contribution in [0.3, 0.4) is 0 Å². The van der Waals surface area contributed by atoms with Crippen LogP contribution < -0.4 is 16.2 Å². The Balaban J connectivity index is 2.12. The van der Waals surface area contributed by atoms with Crippen molar-refractivity contribution in [2.45, 2.75) is 38.7 Å². The minimum absolute atomic E-state index is 0.375. The summed E-state index contributed by atoms with van der Waals surface area (Å²) < 4.78 is 5.39. The number of methoxy groups -OCH3 is 1. The zero-order chi connectivity index (χ0) is 13.7. The molecule has 0 aliphatic carbocycles. The van der Waals surface area contributed by atoms with Crippen molar-refractivity contribution in [2.24, 2.45) is 5.84 Å². The molecule has 1 saturated heterocycles. The van der Waals surface area contributed by atoms with Crippen molar-refractivity contribution < 1.29 is 4.74 Å². The summed E-state index contributed by atoms with van der Waals surface area (Å²) in [6.07, 6.45) is 4.35. The van der Waals surface area contributed by atoms with Gasteiger partial charge < -0.3 is 15.1 Å². The molecule has 0 spiro atoms. The van der Waals surface area contributed by atoms with Crippen LogP contribution in [0.5, 0.6) is 0 Å². The van der Waals surface area contributed by atoms with E-state index in [0.29, 0.717) is 11.9 Å². The second-order valence-electron chi connectivity index (χ2n) is 4.84. The van der Waals surface area contributed by atoms with Gasteiger partial charge in [0.25, 0.3) is 0 Å². The number of ether oxygens (including phenoxy) is 1. The number of nitrogens with two attached hydrogens (primary N) is 1. The monoisotopic (exact) mass is 265 g/mol. The maximum absolute atomic E-state index is 5.48. The van der Waals surface area contributed by atoms with Crippen LogP contribution in [0.1, 0.15) is 32.0 Å². The van der Waals surface area contributed by atoms with E-state index >= 15 is 0 Å². The van der Waals surface area contributed by atoms with Crippen molar-refractivity contribution in [3.05, 3.63) is 11.9 Å². The molecular weight excluding hydrogens is 242 g/mol. The van der Waals surface area contributed by atoms with E-state index in [4.69, 9.17) is 10.6 Å². The van der Waals surface area contributed by atoms with Crippen molar-refractivity contribution >= 4 is 11.6 Å². The summed E-state index contributed by atoms with van der Waals surface area (Å²) in [6.45, 7) is 4.05. The van der Waals surface area contributed by atoms with Crippen LogP contribution in [0.2, 0.25) is 0 Å². The van der Waals surface area contributed by atoms with E-state index in [1.54, 1.807) is 7.11 Å². The Labute approximate surface area is 114 Å². The lowest BCUT2D eigenvalue weighted by Gasteiger charge is -2.32. The third-order valence-electron chi connectivity index (χ3n) is 3.48. The minimum Gasteiger partial charge on any atom is -0.381 e. The van der Waals surface area contributed by atoms with E-state index in [9.17, 15) is 0 Å². The standard InChI is InChI=1S/C13H23N5O/c1-3-4-11-15-12(17-14)9-13(16-11)18-7-5-10(19-2)6-8-18/h9-10H,3-8,14H2,1-2H3,(H,15,16,17). The smallest absolute Gasteiger partial charge is 0.145 e. The van der Waals surface area contributed by atoms with Gasteiger partial charge in [-0.05, 0) is 19.3 Å². The Bertz CT molecular complexity index is 404. The molecular formula is C13H23N5O. The average molecular weight is 265 g/mol. The van der Waals surface area contributed by atoms with Crippen LogP contribution in [-0.2, 0) is 11.2 Å². The molecule has 0 amide bonds. The van der Waals surface area contributed by atoms with Crippen molar-refractivity contribution in [3.63, 3.8) is 0 Å². The summed E-state index contributed by atoms with van der Waals surface area (Å²) in [4.78, 5) is 11.3. The predicted octanol–water partition coefficient (Wildman–Crippen LogP) is 1.33. The average Bonchev–Trinajstić information content (AvgIpc) is 2.47. The highest BCUT2D eigenvalue weighted by molar-refractivity contribution is 5.49. The third kappa shape index (κ3) is 3.54. The number of aryl methyl sites for hydroxylation is 1. The van der Waals surface area contributed by atoms with Gasteiger partial charge in [-0.25, -0.2) is 15.8 Å². The Morgan fingerprint density at radius 2 is 2.16 bits per heavy atom. The van der Waals surface area contributed by atoms with Crippen LogP contribution in [0, 0.1) is 0 Å². The van der Waals surface area contributed by atoms with Crippen molar-refractivity contribution in [1.29, 1.82) is 0 Å². The lowest BCUT2D eigenvalue weighted by Crippen LogP contribution is -2.37. The second-order valence-corrected chi connectivity index (χ2v) is 4.84. The highest BCUT2D eigenvalue weighted by atomic mass is 16.5. The molecule has 0 saturated carbocycles. The highest BCUT2D eigenvalue weighted by Crippen LogP contribution is 2.21. The molecule has 6 heteroatoms. The number of anilines is 2. The lowest BCUT2D eigenvalue weighted by molar-refractivity contribution is 0.0818. The summed E-state index contributed by atoms with van der Waals surface area (Å²) in [7, 11) is 1.78. The number of hydrogen-bond donors (Lipinski definition) is 2. The molecule has 2 heterocycles. The third-order valence-corrected chi connectivity index (χ3v) is 3.48. The van der Waals surface area contributed by atoms with Crippen LogP contribution in [0.4, 0.5) is 11.6 Å². The Kier molecular flexibility index (Phi) is 4.93. The molecule has 1 aliphatic heterocycles. The van der Waals surface area contributed by atoms with Crippen LogP contribution in [-0.4, -0.2) is 36.3 Å². The summed E-state index contributed by atoms with van der Waals surface area (Å²) in [5.41, 5.74) is 2.62. The van der Waals surface area contributed by atoms with Crippen molar-refractivity contribution in [1.82, 2.24) is 9.97 Å². The Morgan fingerprint density at radius 1 is 1.42 bits per heavy atom. The number of hydrogen-bond acceptors (Lipinski definition) is 6. The molecule has 19 heavy (non-hydrogen) atoms. The van der Waals surface area contributed by atoms with Gasteiger partial charge in [0.05, 0.1) is 6.10 Å². The second kappa shape index (κ2) is 6.68. The molecule has 106 valence electrons. The molecule has 0 radical (unpaired) electrons. The first kappa shape index (κ1) is 14.0. The van der Waals surface area contributed by atoms with Crippen LogP contribution in [0.15, 0.2) is 6.07 Å². The van der Waals surface area contributed by atoms with Crippen molar-refractivity contribution in [3.8, 4) is 0 Å². The molecule has 1 aromatic heterocycles. The summed E-state index contributed by atoms with van der Waals surface area (Å²) in [5.74, 6) is 7.97. The maximum atomic E-state index is 5.48. The molecule has 2 rings (SSSR count). The minimum atomic E-state index is 0.375. The Morgan fingerprint density at radius 3 is 2.74 bits per heavy atom. The molecule has 1 aliphatic rings. The largest absolute Gasteiger partial charge is 0.381 e. The van der Waals surface area contributed by atoms with Crippen LogP contribution >= 0.6 is 0 Å². The van der Waals surface area contributed by atoms with Gasteiger partial charge in [0.2, 0.25) is 0 Å². The zero-order valence-corrected chi connectivity index (χ0v) is 11.7. The van der Waals surface area contributed by atoms with Crippen molar-refractivity contribution in [2.75, 3.05) is 30.5 Å². The number of hydrazine groups is 1. The van der Waals surface area contributed by atoms with Crippen LogP contribution in [0.25, 0.3) is 0 Å². The number of piperidine rings is 1. The number of nitrogen functional groups attached to an aromatic ring is 1. The molecule has 1 aromatic rings. The molecule has 6 nitrogen and oxygen atoms in total. The molecule has 0 unspecified atom stereocenters. The molecule has 0 aromatic carbocycles. The maximum Gasteiger partial charge on any atom is 0.145 e. The Hall–Kier alpha value is -1.40. The first-order valence-electron chi connectivity index (χ1n) is 6.89. The fourth-order valence-corrected chi connectivity index (χ4v) is 2.38. The summed E-state index contributed by atoms with van der Waals surface area (Å²) in [5, 5.41) is 0.